The van der Waals surface area contributed by atoms with Gasteiger partial charge in [-0.05, 0) is 41.4 Å². The van der Waals surface area contributed by atoms with E-state index in [9.17, 15) is 13.6 Å². The Bertz CT molecular complexity index is 793. The number of hydrogen-bond acceptors (Lipinski definition) is 3. The first-order chi connectivity index (χ1) is 10.3. The molecule has 0 aliphatic carbocycles. The quantitative estimate of drug-likeness (QED) is 0.771. The number of fused-ring (bicyclic) bond motifs is 1. The fraction of sp³-hybridized carbons (Fsp3) is 0.467. The fourth-order valence-corrected chi connectivity index (χ4v) is 3.40. The van der Waals surface area contributed by atoms with Crippen molar-refractivity contribution in [2.75, 3.05) is 18.0 Å². The van der Waals surface area contributed by atoms with Crippen LogP contribution in [0.1, 0.15) is 24.0 Å². The van der Waals surface area contributed by atoms with Crippen LogP contribution < -0.4 is 10.5 Å². The Hall–Kier alpha value is -1.50. The maximum atomic E-state index is 13.3. The summed E-state index contributed by atoms with van der Waals surface area (Å²) in [5, 5.41) is 0. The largest absolute Gasteiger partial charge is 0.356 e. The van der Waals surface area contributed by atoms with Crippen LogP contribution >= 0.6 is 15.9 Å². The van der Waals surface area contributed by atoms with Gasteiger partial charge in [0.25, 0.3) is 11.5 Å². The van der Waals surface area contributed by atoms with Crippen LogP contribution in [0.25, 0.3) is 5.65 Å². The zero-order chi connectivity index (χ0) is 16.1. The van der Waals surface area contributed by atoms with E-state index in [2.05, 4.69) is 20.9 Å². The molecule has 1 aliphatic heterocycles. The number of aromatic nitrogens is 2. The highest BCUT2D eigenvalue weighted by Gasteiger charge is 2.35. The third-order valence-corrected chi connectivity index (χ3v) is 4.59. The van der Waals surface area contributed by atoms with E-state index < -0.39 is 5.92 Å². The molecule has 0 amide bonds. The Balaban J connectivity index is 2.12. The SMILES string of the molecule is Cc1cc(Br)c2nc(N3CCC(F)(F)CC3)c(C)c(=O)n2c1. The maximum Gasteiger partial charge on any atom is 0.262 e. The molecule has 0 bridgehead atoms. The van der Waals surface area contributed by atoms with Crippen molar-refractivity contribution in [3.8, 4) is 0 Å². The average Bonchev–Trinajstić information content (AvgIpc) is 2.44. The highest BCUT2D eigenvalue weighted by atomic mass is 79.9. The fourth-order valence-electron chi connectivity index (χ4n) is 2.76. The Morgan fingerprint density at radius 3 is 2.55 bits per heavy atom. The lowest BCUT2D eigenvalue weighted by molar-refractivity contribution is -0.0221. The van der Waals surface area contributed by atoms with Crippen molar-refractivity contribution in [3.63, 3.8) is 0 Å². The van der Waals surface area contributed by atoms with Crippen LogP contribution in [0.3, 0.4) is 0 Å². The molecule has 0 saturated carbocycles. The van der Waals surface area contributed by atoms with Gasteiger partial charge in [-0.1, -0.05) is 0 Å². The minimum Gasteiger partial charge on any atom is -0.356 e. The Morgan fingerprint density at radius 1 is 1.27 bits per heavy atom. The second-order valence-electron chi connectivity index (χ2n) is 5.77. The number of pyridine rings is 1. The van der Waals surface area contributed by atoms with Crippen LogP contribution in [0.15, 0.2) is 21.5 Å². The number of alkyl halides is 2. The van der Waals surface area contributed by atoms with Crippen molar-refractivity contribution in [1.29, 1.82) is 0 Å². The summed E-state index contributed by atoms with van der Waals surface area (Å²) in [5.74, 6) is -2.11. The summed E-state index contributed by atoms with van der Waals surface area (Å²) in [7, 11) is 0. The van der Waals surface area contributed by atoms with Crippen LogP contribution in [0.2, 0.25) is 0 Å². The summed E-state index contributed by atoms with van der Waals surface area (Å²) in [6.07, 6.45) is 1.32. The lowest BCUT2D eigenvalue weighted by Crippen LogP contribution is -2.41. The third kappa shape index (κ3) is 2.62. The molecule has 4 nitrogen and oxygen atoms in total. The molecule has 3 rings (SSSR count). The number of halogens is 3. The molecule has 2 aromatic rings. The highest BCUT2D eigenvalue weighted by molar-refractivity contribution is 9.10. The molecule has 3 heterocycles. The van der Waals surface area contributed by atoms with Gasteiger partial charge in [0.05, 0.1) is 10.0 Å². The molecule has 0 aromatic carbocycles. The number of aryl methyl sites for hydroxylation is 1. The van der Waals surface area contributed by atoms with Crippen LogP contribution in [-0.4, -0.2) is 28.4 Å². The van der Waals surface area contributed by atoms with Crippen molar-refractivity contribution in [3.05, 3.63) is 38.2 Å². The summed E-state index contributed by atoms with van der Waals surface area (Å²) in [5.41, 5.74) is 1.77. The molecule has 1 fully saturated rings. The molecule has 0 radical (unpaired) electrons. The summed E-state index contributed by atoms with van der Waals surface area (Å²) in [4.78, 5) is 18.9. The minimum atomic E-state index is -2.62. The molecule has 0 unspecified atom stereocenters. The van der Waals surface area contributed by atoms with Gasteiger partial charge in [-0.2, -0.15) is 0 Å². The number of hydrogen-bond donors (Lipinski definition) is 0. The van der Waals surface area contributed by atoms with Gasteiger partial charge in [0, 0.05) is 32.1 Å². The third-order valence-electron chi connectivity index (χ3n) is 4.01. The topological polar surface area (TPSA) is 37.6 Å². The summed E-state index contributed by atoms with van der Waals surface area (Å²) >= 11 is 3.42. The lowest BCUT2D eigenvalue weighted by atomic mass is 10.1. The van der Waals surface area contributed by atoms with Gasteiger partial charge in [-0.15, -0.1) is 0 Å². The molecule has 1 saturated heterocycles. The molecule has 0 spiro atoms. The number of piperidine rings is 1. The first kappa shape index (κ1) is 15.4. The van der Waals surface area contributed by atoms with Crippen molar-refractivity contribution in [2.24, 2.45) is 0 Å². The molecule has 2 aromatic heterocycles. The van der Waals surface area contributed by atoms with Gasteiger partial charge in [0.1, 0.15) is 5.82 Å². The molecule has 118 valence electrons. The summed E-state index contributed by atoms with van der Waals surface area (Å²) < 4.78 is 28.8. The van der Waals surface area contributed by atoms with Crippen molar-refractivity contribution >= 4 is 27.4 Å². The standard InChI is InChI=1S/C15H16BrF2N3O/c1-9-7-11(16)13-19-12(10(2)14(22)21(13)8-9)20-5-3-15(17,18)4-6-20/h7-8H,3-6H2,1-2H3. The predicted molar refractivity (Wildman–Crippen MR) is 85.0 cm³/mol. The van der Waals surface area contributed by atoms with E-state index in [1.165, 1.54) is 4.40 Å². The monoisotopic (exact) mass is 371 g/mol. The normalized spacial score (nSPS) is 18.0. The summed E-state index contributed by atoms with van der Waals surface area (Å²) in [6, 6.07) is 1.88. The average molecular weight is 372 g/mol. The molecule has 7 heteroatoms. The number of anilines is 1. The zero-order valence-electron chi connectivity index (χ0n) is 12.4. The predicted octanol–water partition coefficient (Wildman–Crippen LogP) is 3.31. The van der Waals surface area contributed by atoms with Gasteiger partial charge in [0.15, 0.2) is 5.65 Å². The Morgan fingerprint density at radius 2 is 1.91 bits per heavy atom. The molecule has 0 N–H and O–H groups in total. The smallest absolute Gasteiger partial charge is 0.262 e. The van der Waals surface area contributed by atoms with Gasteiger partial charge >= 0.3 is 0 Å². The van der Waals surface area contributed by atoms with E-state index in [0.717, 1.165) is 5.56 Å². The molecular weight excluding hydrogens is 356 g/mol. The van der Waals surface area contributed by atoms with E-state index in [-0.39, 0.29) is 31.5 Å². The molecule has 0 atom stereocenters. The van der Waals surface area contributed by atoms with E-state index >= 15 is 0 Å². The number of nitrogens with zero attached hydrogens (tertiary/aromatic N) is 3. The molecule has 22 heavy (non-hydrogen) atoms. The van der Waals surface area contributed by atoms with Gasteiger partial charge in [-0.25, -0.2) is 13.8 Å². The second kappa shape index (κ2) is 5.30. The van der Waals surface area contributed by atoms with Crippen molar-refractivity contribution in [1.82, 2.24) is 9.38 Å². The maximum absolute atomic E-state index is 13.3. The van der Waals surface area contributed by atoms with Gasteiger partial charge in [-0.3, -0.25) is 9.20 Å². The molecular formula is C15H16BrF2N3O. The lowest BCUT2D eigenvalue weighted by Gasteiger charge is -2.33. The minimum absolute atomic E-state index is 0.165. The Labute approximate surface area is 134 Å². The van der Waals surface area contributed by atoms with E-state index in [0.29, 0.717) is 21.5 Å². The van der Waals surface area contributed by atoms with Gasteiger partial charge in [0.2, 0.25) is 0 Å². The number of rotatable bonds is 1. The highest BCUT2D eigenvalue weighted by Crippen LogP contribution is 2.31. The van der Waals surface area contributed by atoms with Crippen LogP contribution in [0.5, 0.6) is 0 Å². The second-order valence-corrected chi connectivity index (χ2v) is 6.62. The van der Waals surface area contributed by atoms with Crippen LogP contribution in [-0.2, 0) is 0 Å². The first-order valence-electron chi connectivity index (χ1n) is 7.10. The zero-order valence-corrected chi connectivity index (χ0v) is 14.0. The van der Waals surface area contributed by atoms with Crippen molar-refractivity contribution in [2.45, 2.75) is 32.6 Å². The molecule has 1 aliphatic rings. The van der Waals surface area contributed by atoms with E-state index in [4.69, 9.17) is 0 Å². The van der Waals surface area contributed by atoms with E-state index in [1.54, 1.807) is 18.0 Å². The van der Waals surface area contributed by atoms with Crippen LogP contribution in [0, 0.1) is 13.8 Å². The summed E-state index contributed by atoms with van der Waals surface area (Å²) in [6.45, 7) is 4.01. The van der Waals surface area contributed by atoms with Gasteiger partial charge < -0.3 is 4.90 Å². The van der Waals surface area contributed by atoms with E-state index in [1.807, 2.05) is 13.0 Å². The first-order valence-corrected chi connectivity index (χ1v) is 7.90. The van der Waals surface area contributed by atoms with Crippen molar-refractivity contribution < 1.29 is 8.78 Å². The van der Waals surface area contributed by atoms with Crippen LogP contribution in [0.4, 0.5) is 14.6 Å². The Kier molecular flexibility index (Phi) is 3.71.